The van der Waals surface area contributed by atoms with Crippen LogP contribution in [0.25, 0.3) is 0 Å². The molecule has 2 aromatic rings. The molecule has 0 unspecified atom stereocenters. The van der Waals surface area contributed by atoms with Crippen LogP contribution < -0.4 is 15.5 Å². The maximum absolute atomic E-state index is 12.2. The minimum atomic E-state index is -5.00. The molecule has 0 aliphatic carbocycles. The second-order valence-electron chi connectivity index (χ2n) is 5.56. The lowest BCUT2D eigenvalue weighted by Crippen LogP contribution is -2.29. The van der Waals surface area contributed by atoms with Gasteiger partial charge in [0.15, 0.2) is 0 Å². The highest BCUT2D eigenvalue weighted by atomic mass is 19.4. The number of nitrogens with zero attached hydrogens (tertiary/aromatic N) is 1. The number of hydrogen-bond acceptors (Lipinski definition) is 3. The van der Waals surface area contributed by atoms with Crippen molar-refractivity contribution in [3.05, 3.63) is 48.5 Å². The van der Waals surface area contributed by atoms with Crippen LogP contribution in [0.4, 0.5) is 49.1 Å². The highest BCUT2D eigenvalue weighted by Gasteiger charge is 2.39. The number of anilines is 4. The van der Waals surface area contributed by atoms with E-state index < -0.39 is 24.2 Å². The van der Waals surface area contributed by atoms with Crippen LogP contribution in [0.2, 0.25) is 0 Å². The number of rotatable bonds is 4. The van der Waals surface area contributed by atoms with E-state index in [4.69, 9.17) is 0 Å². The van der Waals surface area contributed by atoms with Gasteiger partial charge in [0, 0.05) is 29.8 Å². The van der Waals surface area contributed by atoms with Gasteiger partial charge in [-0.15, -0.1) is 0 Å². The molecule has 11 heteroatoms. The van der Waals surface area contributed by atoms with Gasteiger partial charge in [0.2, 0.25) is 0 Å². The first-order chi connectivity index (χ1) is 12.9. The summed E-state index contributed by atoms with van der Waals surface area (Å²) in [7, 11) is 1.62. The van der Waals surface area contributed by atoms with Gasteiger partial charge in [-0.25, -0.2) is 0 Å². The van der Waals surface area contributed by atoms with Gasteiger partial charge in [0.1, 0.15) is 0 Å². The summed E-state index contributed by atoms with van der Waals surface area (Å²) in [5.41, 5.74) is 0.976. The Kier molecular flexibility index (Phi) is 5.86. The highest BCUT2D eigenvalue weighted by Crippen LogP contribution is 2.27. The lowest BCUT2D eigenvalue weighted by molar-refractivity contribution is -0.167. The first-order valence-corrected chi connectivity index (χ1v) is 7.58. The Morgan fingerprint density at radius 3 is 1.21 bits per heavy atom. The Morgan fingerprint density at radius 2 is 0.964 bits per heavy atom. The fourth-order valence-electron chi connectivity index (χ4n) is 2.09. The van der Waals surface area contributed by atoms with Crippen LogP contribution in [-0.4, -0.2) is 31.2 Å². The molecule has 0 heterocycles. The molecule has 2 rings (SSSR count). The zero-order valence-electron chi connectivity index (χ0n) is 14.2. The van der Waals surface area contributed by atoms with E-state index in [1.54, 1.807) is 22.6 Å². The molecule has 0 bridgehead atoms. The van der Waals surface area contributed by atoms with Crippen LogP contribution >= 0.6 is 0 Å². The Bertz CT molecular complexity index is 774. The Labute approximate surface area is 154 Å². The van der Waals surface area contributed by atoms with Crippen molar-refractivity contribution >= 4 is 34.6 Å². The highest BCUT2D eigenvalue weighted by molar-refractivity contribution is 5.95. The number of alkyl halides is 6. The minimum absolute atomic E-state index is 0.0512. The summed E-state index contributed by atoms with van der Waals surface area (Å²) in [6.45, 7) is 0. The summed E-state index contributed by atoms with van der Waals surface area (Å²) < 4.78 is 73.4. The third-order valence-electron chi connectivity index (χ3n) is 3.54. The smallest absolute Gasteiger partial charge is 0.345 e. The molecule has 2 amide bonds. The van der Waals surface area contributed by atoms with E-state index in [1.165, 1.54) is 48.5 Å². The van der Waals surface area contributed by atoms with E-state index in [0.29, 0.717) is 11.4 Å². The normalized spacial score (nSPS) is 11.7. The van der Waals surface area contributed by atoms with Gasteiger partial charge in [-0.1, -0.05) is 0 Å². The van der Waals surface area contributed by atoms with Gasteiger partial charge in [0.05, 0.1) is 0 Å². The van der Waals surface area contributed by atoms with Crippen molar-refractivity contribution in [2.24, 2.45) is 0 Å². The Balaban J connectivity index is 2.06. The van der Waals surface area contributed by atoms with Crippen LogP contribution in [0.1, 0.15) is 0 Å². The van der Waals surface area contributed by atoms with Crippen molar-refractivity contribution in [3.8, 4) is 0 Å². The third kappa shape index (κ3) is 5.38. The summed E-state index contributed by atoms with van der Waals surface area (Å²) in [5.74, 6) is -4.19. The van der Waals surface area contributed by atoms with Gasteiger partial charge in [-0.2, -0.15) is 26.3 Å². The van der Waals surface area contributed by atoms with E-state index >= 15 is 0 Å². The van der Waals surface area contributed by atoms with E-state index in [1.807, 2.05) is 0 Å². The molecular weight excluding hydrogens is 392 g/mol. The van der Waals surface area contributed by atoms with Gasteiger partial charge in [-0.05, 0) is 48.5 Å². The molecule has 2 aromatic carbocycles. The standard InChI is InChI=1S/C17H13F6N3O2/c1-26(12-6-2-10(3-7-12)24-14(27)16(18,19)20)13-8-4-11(5-9-13)25-15(28)17(21,22)23/h2-9H,1H3,(H,24,27)(H,25,28). The number of carbonyl (C=O) groups excluding carboxylic acids is 2. The fraction of sp³-hybridized carbons (Fsp3) is 0.176. The van der Waals surface area contributed by atoms with Gasteiger partial charge >= 0.3 is 24.2 Å². The molecule has 0 spiro atoms. The van der Waals surface area contributed by atoms with E-state index in [9.17, 15) is 35.9 Å². The molecule has 0 saturated carbocycles. The summed E-state index contributed by atoms with van der Waals surface area (Å²) >= 11 is 0. The molecule has 0 saturated heterocycles. The van der Waals surface area contributed by atoms with Crippen molar-refractivity contribution in [1.82, 2.24) is 0 Å². The van der Waals surface area contributed by atoms with Crippen molar-refractivity contribution in [3.63, 3.8) is 0 Å². The maximum atomic E-state index is 12.2. The number of amides is 2. The molecule has 0 atom stereocenters. The van der Waals surface area contributed by atoms with E-state index in [-0.39, 0.29) is 11.4 Å². The predicted molar refractivity (Wildman–Crippen MR) is 90.3 cm³/mol. The van der Waals surface area contributed by atoms with Crippen LogP contribution in [0.15, 0.2) is 48.5 Å². The Morgan fingerprint density at radius 1 is 0.679 bits per heavy atom. The first kappa shape index (κ1) is 21.1. The second-order valence-corrected chi connectivity index (χ2v) is 5.56. The average Bonchev–Trinajstić information content (AvgIpc) is 2.61. The molecule has 2 N–H and O–H groups in total. The summed E-state index contributed by atoms with van der Waals surface area (Å²) in [5, 5.41) is 3.42. The number of nitrogens with one attached hydrogen (secondary N) is 2. The molecule has 0 aromatic heterocycles. The van der Waals surface area contributed by atoms with E-state index in [0.717, 1.165) is 0 Å². The molecule has 0 radical (unpaired) electrons. The quantitative estimate of drug-likeness (QED) is 0.739. The number of hydrogen-bond donors (Lipinski definition) is 2. The zero-order valence-corrected chi connectivity index (χ0v) is 14.2. The lowest BCUT2D eigenvalue weighted by Gasteiger charge is -2.20. The lowest BCUT2D eigenvalue weighted by atomic mass is 10.2. The summed E-state index contributed by atoms with van der Waals surface area (Å²) in [4.78, 5) is 23.4. The first-order valence-electron chi connectivity index (χ1n) is 7.58. The topological polar surface area (TPSA) is 61.4 Å². The van der Waals surface area contributed by atoms with Crippen LogP contribution in [0, 0.1) is 0 Å². The fourth-order valence-corrected chi connectivity index (χ4v) is 2.09. The SMILES string of the molecule is CN(c1ccc(NC(=O)C(F)(F)F)cc1)c1ccc(NC(=O)C(F)(F)F)cc1. The molecule has 0 aliphatic heterocycles. The van der Waals surface area contributed by atoms with Crippen molar-refractivity contribution in [2.75, 3.05) is 22.6 Å². The number of halogens is 6. The third-order valence-corrected chi connectivity index (χ3v) is 3.54. The Hall–Kier alpha value is -3.24. The average molecular weight is 405 g/mol. The molecule has 0 fully saturated rings. The summed E-state index contributed by atoms with van der Waals surface area (Å²) in [6.07, 6.45) is -10.0. The molecular formula is C17H13F6N3O2. The van der Waals surface area contributed by atoms with Crippen LogP contribution in [0.5, 0.6) is 0 Å². The van der Waals surface area contributed by atoms with Crippen molar-refractivity contribution in [1.29, 1.82) is 0 Å². The largest absolute Gasteiger partial charge is 0.471 e. The molecule has 5 nitrogen and oxygen atoms in total. The molecule has 28 heavy (non-hydrogen) atoms. The van der Waals surface area contributed by atoms with Crippen molar-refractivity contribution < 1.29 is 35.9 Å². The zero-order chi connectivity index (χ0) is 21.1. The monoisotopic (exact) mass is 405 g/mol. The minimum Gasteiger partial charge on any atom is -0.345 e. The molecule has 0 aliphatic rings. The second kappa shape index (κ2) is 7.79. The van der Waals surface area contributed by atoms with Crippen LogP contribution in [0.3, 0.4) is 0 Å². The summed E-state index contributed by atoms with van der Waals surface area (Å²) in [6, 6.07) is 10.9. The van der Waals surface area contributed by atoms with Gasteiger partial charge in [-0.3, -0.25) is 9.59 Å². The van der Waals surface area contributed by atoms with Gasteiger partial charge < -0.3 is 15.5 Å². The predicted octanol–water partition coefficient (Wildman–Crippen LogP) is 4.46. The maximum Gasteiger partial charge on any atom is 0.471 e. The van der Waals surface area contributed by atoms with Crippen molar-refractivity contribution in [2.45, 2.75) is 12.4 Å². The number of carbonyl (C=O) groups is 2. The van der Waals surface area contributed by atoms with Gasteiger partial charge in [0.25, 0.3) is 0 Å². The number of benzene rings is 2. The van der Waals surface area contributed by atoms with E-state index in [2.05, 4.69) is 0 Å². The van der Waals surface area contributed by atoms with Crippen LogP contribution in [-0.2, 0) is 9.59 Å². The molecule has 150 valence electrons.